The van der Waals surface area contributed by atoms with Crippen LogP contribution in [0.2, 0.25) is 5.02 Å². The van der Waals surface area contributed by atoms with Gasteiger partial charge in [-0.05, 0) is 29.8 Å². The quantitative estimate of drug-likeness (QED) is 0.666. The molecule has 20 heavy (non-hydrogen) atoms. The lowest BCUT2D eigenvalue weighted by Crippen LogP contribution is -2.03. The van der Waals surface area contributed by atoms with E-state index < -0.39 is 5.82 Å². The van der Waals surface area contributed by atoms with Gasteiger partial charge >= 0.3 is 0 Å². The Bertz CT molecular complexity index is 766. The summed E-state index contributed by atoms with van der Waals surface area (Å²) in [6, 6.07) is 12.0. The molecule has 2 nitrogen and oxygen atoms in total. The van der Waals surface area contributed by atoms with Crippen LogP contribution in [0.1, 0.15) is 15.4 Å². The summed E-state index contributed by atoms with van der Waals surface area (Å²) in [7, 11) is 0. The summed E-state index contributed by atoms with van der Waals surface area (Å²) in [6.07, 6.45) is 0.119. The molecule has 0 N–H and O–H groups in total. The Morgan fingerprint density at radius 3 is 2.80 bits per heavy atom. The molecule has 3 aromatic rings. The van der Waals surface area contributed by atoms with Crippen molar-refractivity contribution in [2.75, 3.05) is 0 Å². The Hall–Kier alpha value is -1.78. The van der Waals surface area contributed by atoms with Crippen LogP contribution in [0.3, 0.4) is 0 Å². The van der Waals surface area contributed by atoms with Gasteiger partial charge in [-0.1, -0.05) is 29.8 Å². The highest BCUT2D eigenvalue weighted by molar-refractivity contribution is 7.20. The fourth-order valence-electron chi connectivity index (χ4n) is 1.90. The third-order valence-corrected chi connectivity index (χ3v) is 4.27. The topological polar surface area (TPSA) is 30.0 Å². The van der Waals surface area contributed by atoms with Crippen molar-refractivity contribution in [3.63, 3.8) is 0 Å². The second-order valence-electron chi connectivity index (χ2n) is 4.34. The Kier molecular flexibility index (Phi) is 3.51. The van der Waals surface area contributed by atoms with Crippen molar-refractivity contribution in [1.82, 2.24) is 4.98 Å². The molecule has 0 amide bonds. The lowest BCUT2D eigenvalue weighted by molar-refractivity contribution is 0.0993. The molecule has 1 heterocycles. The normalized spacial score (nSPS) is 10.9. The first kappa shape index (κ1) is 13.2. The third kappa shape index (κ3) is 2.57. The van der Waals surface area contributed by atoms with E-state index in [-0.39, 0.29) is 17.2 Å². The second-order valence-corrected chi connectivity index (χ2v) is 5.77. The van der Waals surface area contributed by atoms with Gasteiger partial charge in [-0.25, -0.2) is 9.37 Å². The number of fused-ring (bicyclic) bond motifs is 1. The smallest absolute Gasteiger partial charge is 0.195 e. The molecule has 0 unspecified atom stereocenters. The molecule has 0 saturated heterocycles. The maximum atomic E-state index is 13.3. The standard InChI is InChI=1S/C15H9ClFNOS/c16-10-6-5-9(7-11(10)17)8-13(19)15-18-12-3-1-2-4-14(12)20-15/h1-7H,8H2. The number of benzene rings is 2. The number of hydrogen-bond donors (Lipinski definition) is 0. The van der Waals surface area contributed by atoms with Gasteiger partial charge in [0.15, 0.2) is 10.8 Å². The maximum absolute atomic E-state index is 13.3. The van der Waals surface area contributed by atoms with Crippen LogP contribution in [-0.4, -0.2) is 10.8 Å². The molecule has 0 fully saturated rings. The molecule has 0 radical (unpaired) electrons. The van der Waals surface area contributed by atoms with Crippen molar-refractivity contribution >= 4 is 38.9 Å². The molecular weight excluding hydrogens is 297 g/mol. The van der Waals surface area contributed by atoms with E-state index in [2.05, 4.69) is 4.98 Å². The van der Waals surface area contributed by atoms with Crippen LogP contribution >= 0.6 is 22.9 Å². The number of halogens is 2. The molecule has 5 heteroatoms. The fraction of sp³-hybridized carbons (Fsp3) is 0.0667. The summed E-state index contributed by atoms with van der Waals surface area (Å²) < 4.78 is 14.3. The van der Waals surface area contributed by atoms with Gasteiger partial charge in [0.05, 0.1) is 15.2 Å². The van der Waals surface area contributed by atoms with E-state index in [1.54, 1.807) is 6.07 Å². The predicted molar refractivity (Wildman–Crippen MR) is 79.1 cm³/mol. The molecule has 3 rings (SSSR count). The third-order valence-electron chi connectivity index (χ3n) is 2.88. The summed E-state index contributed by atoms with van der Waals surface area (Å²) in [4.78, 5) is 16.5. The first-order chi connectivity index (χ1) is 9.63. The van der Waals surface area contributed by atoms with Gasteiger partial charge in [-0.15, -0.1) is 11.3 Å². The largest absolute Gasteiger partial charge is 0.291 e. The maximum Gasteiger partial charge on any atom is 0.195 e. The van der Waals surface area contributed by atoms with E-state index in [1.807, 2.05) is 24.3 Å². The van der Waals surface area contributed by atoms with Gasteiger partial charge in [0.1, 0.15) is 5.82 Å². The number of nitrogens with zero attached hydrogens (tertiary/aromatic N) is 1. The SMILES string of the molecule is O=C(Cc1ccc(Cl)c(F)c1)c1nc2ccccc2s1. The summed E-state index contributed by atoms with van der Waals surface area (Å²) >= 11 is 6.97. The highest BCUT2D eigenvalue weighted by Crippen LogP contribution is 2.23. The summed E-state index contributed by atoms with van der Waals surface area (Å²) in [5.74, 6) is -0.630. The predicted octanol–water partition coefficient (Wildman–Crippen LogP) is 4.51. The monoisotopic (exact) mass is 305 g/mol. The lowest BCUT2D eigenvalue weighted by Gasteiger charge is -2.00. The van der Waals surface area contributed by atoms with Gasteiger partial charge in [0.25, 0.3) is 0 Å². The zero-order chi connectivity index (χ0) is 14.1. The average Bonchev–Trinajstić information content (AvgIpc) is 2.87. The highest BCUT2D eigenvalue weighted by atomic mass is 35.5. The van der Waals surface area contributed by atoms with Crippen molar-refractivity contribution in [1.29, 1.82) is 0 Å². The number of thiazole rings is 1. The van der Waals surface area contributed by atoms with E-state index in [0.29, 0.717) is 10.6 Å². The van der Waals surface area contributed by atoms with Crippen LogP contribution in [-0.2, 0) is 6.42 Å². The zero-order valence-electron chi connectivity index (χ0n) is 10.3. The molecule has 0 spiro atoms. The van der Waals surface area contributed by atoms with Crippen LogP contribution < -0.4 is 0 Å². The number of para-hydroxylation sites is 1. The fourth-order valence-corrected chi connectivity index (χ4v) is 2.92. The summed E-state index contributed by atoms with van der Waals surface area (Å²) in [5.41, 5.74) is 1.40. The zero-order valence-corrected chi connectivity index (χ0v) is 11.8. The number of Topliss-reactive ketones (excluding diaryl/α,β-unsaturated/α-hetero) is 1. The van der Waals surface area contributed by atoms with Crippen LogP contribution in [0.4, 0.5) is 4.39 Å². The number of carbonyl (C=O) groups excluding carboxylic acids is 1. The van der Waals surface area contributed by atoms with Crippen LogP contribution in [0, 0.1) is 5.82 Å². The molecule has 0 aliphatic heterocycles. The van der Waals surface area contributed by atoms with Gasteiger partial charge in [0.2, 0.25) is 0 Å². The molecule has 1 aromatic heterocycles. The molecule has 0 saturated carbocycles. The molecule has 0 atom stereocenters. The van der Waals surface area contributed by atoms with Crippen molar-refractivity contribution in [2.45, 2.75) is 6.42 Å². The number of carbonyl (C=O) groups is 1. The average molecular weight is 306 g/mol. The van der Waals surface area contributed by atoms with Crippen LogP contribution in [0.25, 0.3) is 10.2 Å². The van der Waals surface area contributed by atoms with Crippen LogP contribution in [0.15, 0.2) is 42.5 Å². The van der Waals surface area contributed by atoms with E-state index in [1.165, 1.54) is 23.5 Å². The Morgan fingerprint density at radius 2 is 2.05 bits per heavy atom. The molecular formula is C15H9ClFNOS. The molecule has 0 bridgehead atoms. The highest BCUT2D eigenvalue weighted by Gasteiger charge is 2.13. The van der Waals surface area contributed by atoms with E-state index in [0.717, 1.165) is 10.2 Å². The number of rotatable bonds is 3. The molecule has 100 valence electrons. The Balaban J connectivity index is 1.86. The lowest BCUT2D eigenvalue weighted by atomic mass is 10.1. The van der Waals surface area contributed by atoms with Gasteiger partial charge < -0.3 is 0 Å². The summed E-state index contributed by atoms with van der Waals surface area (Å²) in [5, 5.41) is 0.503. The van der Waals surface area contributed by atoms with E-state index in [9.17, 15) is 9.18 Å². The minimum Gasteiger partial charge on any atom is -0.291 e. The number of aromatic nitrogens is 1. The minimum atomic E-state index is -0.513. The first-order valence-electron chi connectivity index (χ1n) is 5.96. The van der Waals surface area contributed by atoms with Gasteiger partial charge in [-0.2, -0.15) is 0 Å². The van der Waals surface area contributed by atoms with E-state index >= 15 is 0 Å². The number of hydrogen-bond acceptors (Lipinski definition) is 3. The van der Waals surface area contributed by atoms with Crippen LogP contribution in [0.5, 0.6) is 0 Å². The Labute approximate surface area is 123 Å². The van der Waals surface area contributed by atoms with Crippen molar-refractivity contribution < 1.29 is 9.18 Å². The first-order valence-corrected chi connectivity index (χ1v) is 7.15. The second kappa shape index (κ2) is 5.31. The van der Waals surface area contributed by atoms with Gasteiger partial charge in [-0.3, -0.25) is 4.79 Å². The molecule has 0 aliphatic carbocycles. The van der Waals surface area contributed by atoms with Crippen molar-refractivity contribution in [3.05, 3.63) is 63.9 Å². The molecule has 2 aromatic carbocycles. The van der Waals surface area contributed by atoms with Gasteiger partial charge in [0, 0.05) is 6.42 Å². The van der Waals surface area contributed by atoms with Crippen molar-refractivity contribution in [2.24, 2.45) is 0 Å². The summed E-state index contributed by atoms with van der Waals surface area (Å²) in [6.45, 7) is 0. The minimum absolute atomic E-state index is 0.0567. The van der Waals surface area contributed by atoms with Crippen molar-refractivity contribution in [3.8, 4) is 0 Å². The molecule has 0 aliphatic rings. The van der Waals surface area contributed by atoms with E-state index in [4.69, 9.17) is 11.6 Å². The number of ketones is 1. The Morgan fingerprint density at radius 1 is 1.25 bits per heavy atom.